The van der Waals surface area contributed by atoms with E-state index < -0.39 is 17.7 Å². The Morgan fingerprint density at radius 3 is 2.97 bits per heavy atom. The van der Waals surface area contributed by atoms with E-state index in [4.69, 9.17) is 18.9 Å². The first kappa shape index (κ1) is 22.3. The smallest absolute Gasteiger partial charge is 0.374 e. The number of esters is 1. The lowest BCUT2D eigenvalue weighted by Gasteiger charge is -2.25. The van der Waals surface area contributed by atoms with E-state index in [-0.39, 0.29) is 18.4 Å². The molecule has 4 aliphatic heterocycles. The molecule has 0 bridgehead atoms. The maximum atomic E-state index is 12.3. The lowest BCUT2D eigenvalue weighted by atomic mass is 9.93. The third-order valence-corrected chi connectivity index (χ3v) is 6.26. The summed E-state index contributed by atoms with van der Waals surface area (Å²) in [5, 5.41) is 10.6. The fourth-order valence-electron chi connectivity index (χ4n) is 4.49. The highest BCUT2D eigenvalue weighted by atomic mass is 16.6. The van der Waals surface area contributed by atoms with Crippen LogP contribution in [0.1, 0.15) is 31.9 Å². The Kier molecular flexibility index (Phi) is 5.48. The second kappa shape index (κ2) is 8.36. The Morgan fingerprint density at radius 1 is 1.38 bits per heavy atom. The fraction of sp³-hybridized carbons (Fsp3) is 0.385. The number of hydrogen-bond acceptors (Lipinski definition) is 8. The first-order valence-electron chi connectivity index (χ1n) is 11.4. The number of ether oxygens (including phenoxy) is 4. The van der Waals surface area contributed by atoms with E-state index >= 15 is 0 Å². The first-order valence-corrected chi connectivity index (χ1v) is 11.4. The Morgan fingerprint density at radius 2 is 2.21 bits per heavy atom. The summed E-state index contributed by atoms with van der Waals surface area (Å²) in [5.41, 5.74) is 2.09. The van der Waals surface area contributed by atoms with Crippen LogP contribution in [0, 0.1) is 0 Å². The number of nitrogens with zero attached hydrogens (tertiary/aromatic N) is 2. The van der Waals surface area contributed by atoms with Gasteiger partial charge in [0, 0.05) is 30.5 Å². The van der Waals surface area contributed by atoms with Crippen LogP contribution in [0.15, 0.2) is 54.0 Å². The molecule has 0 spiro atoms. The van der Waals surface area contributed by atoms with Crippen LogP contribution in [0.5, 0.6) is 17.2 Å². The van der Waals surface area contributed by atoms with Crippen LogP contribution in [0.25, 0.3) is 5.57 Å². The van der Waals surface area contributed by atoms with Crippen LogP contribution in [-0.2, 0) is 16.0 Å². The van der Waals surface area contributed by atoms with Gasteiger partial charge in [-0.1, -0.05) is 6.58 Å². The van der Waals surface area contributed by atoms with Crippen LogP contribution in [-0.4, -0.2) is 59.2 Å². The number of allylic oxidation sites excluding steroid dienone is 2. The molecule has 178 valence electrons. The predicted molar refractivity (Wildman–Crippen MR) is 127 cm³/mol. The van der Waals surface area contributed by atoms with Gasteiger partial charge in [0.25, 0.3) is 0 Å². The Bertz CT molecular complexity index is 1170. The second-order valence-corrected chi connectivity index (χ2v) is 9.12. The average Bonchev–Trinajstić information content (AvgIpc) is 3.49. The van der Waals surface area contributed by atoms with Gasteiger partial charge < -0.3 is 29.0 Å². The molecule has 8 nitrogen and oxygen atoms in total. The highest BCUT2D eigenvalue weighted by molar-refractivity contribution is 6.04. The molecule has 2 unspecified atom stereocenters. The molecule has 34 heavy (non-hydrogen) atoms. The fourth-order valence-corrected chi connectivity index (χ4v) is 4.49. The van der Waals surface area contributed by atoms with Crippen molar-refractivity contribution in [3.05, 3.63) is 60.2 Å². The molecular weight excluding hydrogens is 436 g/mol. The standard InChI is InChI=1S/C26H28N2O6/c1-5-31-25(29)21-12-15(2)23-20(33-21)14-19-16(13-22(34-19)26(3,4)30)24(23)32-11-10-28-9-7-17-18(28)6-8-27-17/h6-9,12,14,18,22,30H,2,5,10-11,13H2,1,3-4H3. The van der Waals surface area contributed by atoms with Crippen molar-refractivity contribution in [1.29, 1.82) is 0 Å². The lowest BCUT2D eigenvalue weighted by Crippen LogP contribution is -2.39. The summed E-state index contributed by atoms with van der Waals surface area (Å²) in [6, 6.07) is 1.88. The highest BCUT2D eigenvalue weighted by Gasteiger charge is 2.39. The monoisotopic (exact) mass is 464 g/mol. The van der Waals surface area contributed by atoms with Crippen molar-refractivity contribution in [2.75, 3.05) is 19.8 Å². The van der Waals surface area contributed by atoms with Crippen molar-refractivity contribution in [1.82, 2.24) is 4.90 Å². The maximum Gasteiger partial charge on any atom is 0.374 e. The summed E-state index contributed by atoms with van der Waals surface area (Å²) in [4.78, 5) is 18.8. The van der Waals surface area contributed by atoms with E-state index in [9.17, 15) is 9.90 Å². The van der Waals surface area contributed by atoms with E-state index in [0.717, 1.165) is 11.3 Å². The predicted octanol–water partition coefficient (Wildman–Crippen LogP) is 3.16. The summed E-state index contributed by atoms with van der Waals surface area (Å²) in [5.74, 6) is 1.07. The third-order valence-electron chi connectivity index (χ3n) is 6.26. The summed E-state index contributed by atoms with van der Waals surface area (Å²) < 4.78 is 23.4. The molecule has 0 saturated carbocycles. The molecule has 0 aromatic heterocycles. The average molecular weight is 465 g/mol. The number of rotatable bonds is 7. The number of benzene rings is 1. The number of carbonyl (C=O) groups is 1. The molecule has 0 amide bonds. The molecule has 5 rings (SSSR count). The van der Waals surface area contributed by atoms with Crippen LogP contribution in [0.2, 0.25) is 0 Å². The quantitative estimate of drug-likeness (QED) is 0.620. The molecule has 4 aliphatic rings. The molecule has 8 heteroatoms. The molecule has 1 aromatic rings. The van der Waals surface area contributed by atoms with E-state index in [1.165, 1.54) is 0 Å². The largest absolute Gasteiger partial charge is 0.491 e. The summed E-state index contributed by atoms with van der Waals surface area (Å²) in [7, 11) is 0. The molecule has 1 N–H and O–H groups in total. The summed E-state index contributed by atoms with van der Waals surface area (Å²) in [6.07, 6.45) is 9.50. The van der Waals surface area contributed by atoms with Crippen molar-refractivity contribution in [2.45, 2.75) is 44.9 Å². The minimum Gasteiger partial charge on any atom is -0.491 e. The highest BCUT2D eigenvalue weighted by Crippen LogP contribution is 2.49. The molecule has 2 atom stereocenters. The number of aliphatic imine (C=N–C) groups is 1. The molecule has 0 fully saturated rings. The Balaban J connectivity index is 1.43. The van der Waals surface area contributed by atoms with Gasteiger partial charge in [0.1, 0.15) is 30.0 Å². The zero-order valence-electron chi connectivity index (χ0n) is 19.5. The Hall–Kier alpha value is -3.52. The van der Waals surface area contributed by atoms with Crippen molar-refractivity contribution in [2.24, 2.45) is 4.99 Å². The number of carbonyl (C=O) groups excluding carboxylic acids is 1. The van der Waals surface area contributed by atoms with Gasteiger partial charge in [0.2, 0.25) is 5.76 Å². The van der Waals surface area contributed by atoms with Gasteiger partial charge in [0.15, 0.2) is 0 Å². The summed E-state index contributed by atoms with van der Waals surface area (Å²) in [6.45, 7) is 10.6. The van der Waals surface area contributed by atoms with Gasteiger partial charge >= 0.3 is 5.97 Å². The zero-order chi connectivity index (χ0) is 24.0. The van der Waals surface area contributed by atoms with Crippen LogP contribution >= 0.6 is 0 Å². The SMILES string of the molecule is C=C1C=C(C(=O)OCC)Oc2cc3c(c(OCCN4C=CC5=NC=CC54)c21)CC(C(C)(C)O)O3. The van der Waals surface area contributed by atoms with Gasteiger partial charge in [-0.15, -0.1) is 0 Å². The number of aliphatic hydroxyl groups is 1. The Labute approximate surface area is 198 Å². The molecule has 1 aromatic carbocycles. The van der Waals surface area contributed by atoms with E-state index in [0.29, 0.717) is 48.0 Å². The van der Waals surface area contributed by atoms with Crippen LogP contribution in [0.3, 0.4) is 0 Å². The maximum absolute atomic E-state index is 12.3. The second-order valence-electron chi connectivity index (χ2n) is 9.12. The van der Waals surface area contributed by atoms with Gasteiger partial charge in [-0.2, -0.15) is 0 Å². The van der Waals surface area contributed by atoms with Gasteiger partial charge in [-0.25, -0.2) is 4.79 Å². The number of hydrogen-bond donors (Lipinski definition) is 1. The molecular formula is C26H28N2O6. The van der Waals surface area contributed by atoms with E-state index in [1.54, 1.807) is 32.9 Å². The van der Waals surface area contributed by atoms with Crippen molar-refractivity contribution in [3.8, 4) is 17.2 Å². The van der Waals surface area contributed by atoms with Gasteiger partial charge in [0.05, 0.1) is 36.1 Å². The summed E-state index contributed by atoms with van der Waals surface area (Å²) >= 11 is 0. The van der Waals surface area contributed by atoms with Crippen molar-refractivity contribution in [3.63, 3.8) is 0 Å². The number of fused-ring (bicyclic) bond motifs is 3. The topological polar surface area (TPSA) is 89.8 Å². The van der Waals surface area contributed by atoms with Gasteiger partial charge in [-0.3, -0.25) is 4.99 Å². The van der Waals surface area contributed by atoms with E-state index in [1.807, 2.05) is 18.5 Å². The van der Waals surface area contributed by atoms with Crippen molar-refractivity contribution >= 4 is 17.3 Å². The van der Waals surface area contributed by atoms with Gasteiger partial charge in [-0.05, 0) is 44.6 Å². The molecule has 4 heterocycles. The first-order chi connectivity index (χ1) is 16.3. The molecule has 0 radical (unpaired) electrons. The normalized spacial score (nSPS) is 21.9. The van der Waals surface area contributed by atoms with Crippen LogP contribution < -0.4 is 14.2 Å². The van der Waals surface area contributed by atoms with E-state index in [2.05, 4.69) is 22.5 Å². The molecule has 0 saturated heterocycles. The zero-order valence-corrected chi connectivity index (χ0v) is 19.5. The third kappa shape index (κ3) is 3.88. The molecule has 0 aliphatic carbocycles. The lowest BCUT2D eigenvalue weighted by molar-refractivity contribution is -0.141. The minimum atomic E-state index is -1.05. The van der Waals surface area contributed by atoms with Crippen molar-refractivity contribution < 1.29 is 28.8 Å². The van der Waals surface area contributed by atoms with Crippen LogP contribution in [0.4, 0.5) is 0 Å². The minimum absolute atomic E-state index is 0.0596.